The fraction of sp³-hybridized carbons (Fsp3) is 0.438. The van der Waals surface area contributed by atoms with E-state index in [0.29, 0.717) is 6.08 Å². The molecule has 0 aliphatic carbocycles. The lowest BCUT2D eigenvalue weighted by Gasteiger charge is -2.41. The van der Waals surface area contributed by atoms with E-state index < -0.39 is 74.0 Å². The molecule has 2 rings (SSSR count). The number of halogens is 8. The predicted molar refractivity (Wildman–Crippen MR) is 97.8 cm³/mol. The summed E-state index contributed by atoms with van der Waals surface area (Å²) in [7, 11) is -10.2. The lowest BCUT2D eigenvalue weighted by atomic mass is 9.98. The van der Waals surface area contributed by atoms with Crippen LogP contribution in [0, 0.1) is 17.0 Å². The SMILES string of the molecule is Cc1cc(S(F)(F)(F)(F)F)cc2c1O[C@H](C(F)(F)F)C(C(=O)NCCOCCO[N+](=O)[O-])=C2. The Balaban J connectivity index is 2.27. The van der Waals surface area contributed by atoms with Crippen LogP contribution in [0.1, 0.15) is 11.1 Å². The number of nitrogens with one attached hydrogen (secondary N) is 1. The molecule has 33 heavy (non-hydrogen) atoms. The summed E-state index contributed by atoms with van der Waals surface area (Å²) in [6.45, 7) is -0.561. The molecule has 188 valence electrons. The van der Waals surface area contributed by atoms with Gasteiger partial charge in [-0.15, -0.1) is 10.1 Å². The van der Waals surface area contributed by atoms with E-state index in [1.54, 1.807) is 0 Å². The van der Waals surface area contributed by atoms with Crippen molar-refractivity contribution in [3.63, 3.8) is 0 Å². The van der Waals surface area contributed by atoms with Gasteiger partial charge in [-0.1, -0.05) is 19.4 Å². The van der Waals surface area contributed by atoms with Crippen LogP contribution in [-0.2, 0) is 14.4 Å². The van der Waals surface area contributed by atoms with Gasteiger partial charge in [0.15, 0.2) is 0 Å². The average Bonchev–Trinajstić information content (AvgIpc) is 2.63. The van der Waals surface area contributed by atoms with Gasteiger partial charge >= 0.3 is 16.4 Å². The molecular formula is C16H16F8N2O6S. The van der Waals surface area contributed by atoms with Gasteiger partial charge in [-0.25, -0.2) is 0 Å². The first-order valence-electron chi connectivity index (χ1n) is 8.76. The lowest BCUT2D eigenvalue weighted by molar-refractivity contribution is -0.758. The van der Waals surface area contributed by atoms with Gasteiger partial charge in [-0.2, -0.15) is 13.2 Å². The highest BCUT2D eigenvalue weighted by Gasteiger charge is 2.65. The molecule has 1 amide bonds. The zero-order chi connectivity index (χ0) is 25.3. The van der Waals surface area contributed by atoms with Crippen LogP contribution in [0.25, 0.3) is 6.08 Å². The van der Waals surface area contributed by atoms with Crippen molar-refractivity contribution in [3.05, 3.63) is 38.9 Å². The standard InChI is InChI=1S/C16H16F8N2O6S/c1-9-6-11(33(20,21,22,23)24)7-10-8-12(14(16(17,18)19)32-13(9)10)15(27)25-2-3-30-4-5-31-26(28)29/h6-8,14H,2-5H2,1H3,(H,25,27)/t14-/m0/s1. The summed E-state index contributed by atoms with van der Waals surface area (Å²) in [6, 6.07) is -0.102. The third-order valence-corrected chi connectivity index (χ3v) is 5.19. The molecule has 8 nitrogen and oxygen atoms in total. The van der Waals surface area contributed by atoms with Crippen molar-refractivity contribution >= 4 is 22.2 Å². The van der Waals surface area contributed by atoms with E-state index in [-0.39, 0.29) is 25.3 Å². The van der Waals surface area contributed by atoms with Crippen LogP contribution in [0.4, 0.5) is 32.6 Å². The minimum Gasteiger partial charge on any atom is -0.475 e. The third kappa shape index (κ3) is 7.08. The summed E-state index contributed by atoms with van der Waals surface area (Å²) < 4.78 is 116. The fourth-order valence-electron chi connectivity index (χ4n) is 2.72. The summed E-state index contributed by atoms with van der Waals surface area (Å²) in [4.78, 5) is 23.8. The van der Waals surface area contributed by atoms with Crippen LogP contribution in [0.15, 0.2) is 22.6 Å². The Kier molecular flexibility index (Phi) is 6.56. The van der Waals surface area contributed by atoms with E-state index in [4.69, 9.17) is 9.47 Å². The molecule has 1 N–H and O–H groups in total. The molecule has 0 unspecified atom stereocenters. The second-order valence-corrected chi connectivity index (χ2v) is 9.10. The van der Waals surface area contributed by atoms with Crippen LogP contribution < -0.4 is 10.1 Å². The maximum absolute atomic E-state index is 13.4. The number of nitrogens with zero attached hydrogens (tertiary/aromatic N) is 1. The van der Waals surface area contributed by atoms with Crippen molar-refractivity contribution < 1.29 is 56.8 Å². The summed E-state index contributed by atoms with van der Waals surface area (Å²) in [5.74, 6) is -2.13. The van der Waals surface area contributed by atoms with Crippen LogP contribution in [0.3, 0.4) is 0 Å². The predicted octanol–water partition coefficient (Wildman–Crippen LogP) is 4.70. The molecule has 0 saturated carbocycles. The molecule has 1 aromatic rings. The number of fused-ring (bicyclic) bond motifs is 1. The molecule has 0 radical (unpaired) electrons. The monoisotopic (exact) mass is 516 g/mol. The summed E-state index contributed by atoms with van der Waals surface area (Å²) >= 11 is 0. The molecular weight excluding hydrogens is 500 g/mol. The number of ether oxygens (including phenoxy) is 2. The Bertz CT molecular complexity index is 981. The Hall–Kier alpha value is -2.82. The second-order valence-electron chi connectivity index (χ2n) is 6.69. The number of rotatable bonds is 9. The smallest absolute Gasteiger partial charge is 0.429 e. The highest BCUT2D eigenvalue weighted by molar-refractivity contribution is 8.45. The molecule has 0 spiro atoms. The molecule has 0 fully saturated rings. The van der Waals surface area contributed by atoms with Crippen molar-refractivity contribution in [1.82, 2.24) is 5.32 Å². The van der Waals surface area contributed by atoms with Crippen molar-refractivity contribution in [2.24, 2.45) is 0 Å². The molecule has 0 saturated heterocycles. The summed E-state index contributed by atoms with van der Waals surface area (Å²) in [5, 5.41) is 10.9. The molecule has 0 bridgehead atoms. The Morgan fingerprint density at radius 1 is 1.18 bits per heavy atom. The topological polar surface area (TPSA) is 99.9 Å². The van der Waals surface area contributed by atoms with Gasteiger partial charge in [0.25, 0.3) is 11.0 Å². The van der Waals surface area contributed by atoms with Crippen LogP contribution >= 0.6 is 10.2 Å². The normalized spacial score (nSPS) is 18.2. The number of alkyl halides is 3. The van der Waals surface area contributed by atoms with Gasteiger partial charge in [-0.05, 0) is 30.7 Å². The molecule has 1 aliphatic heterocycles. The van der Waals surface area contributed by atoms with Crippen LogP contribution in [-0.4, -0.2) is 49.6 Å². The number of aryl methyl sites for hydroxylation is 1. The molecule has 1 aliphatic rings. The van der Waals surface area contributed by atoms with E-state index in [2.05, 4.69) is 4.84 Å². The lowest BCUT2D eigenvalue weighted by Crippen LogP contribution is -2.44. The number of hydrogen-bond donors (Lipinski definition) is 1. The summed E-state index contributed by atoms with van der Waals surface area (Å²) in [5.41, 5.74) is -2.58. The first-order chi connectivity index (χ1) is 14.8. The van der Waals surface area contributed by atoms with Gasteiger partial charge in [0.2, 0.25) is 6.10 Å². The molecule has 1 atom stereocenters. The average molecular weight is 516 g/mol. The maximum Gasteiger partial charge on any atom is 0.429 e. The van der Waals surface area contributed by atoms with E-state index in [1.165, 1.54) is 0 Å². The zero-order valence-electron chi connectivity index (χ0n) is 16.5. The Morgan fingerprint density at radius 2 is 1.82 bits per heavy atom. The number of hydrogen-bond acceptors (Lipinski definition) is 6. The van der Waals surface area contributed by atoms with Crippen molar-refractivity contribution in [1.29, 1.82) is 0 Å². The molecule has 17 heteroatoms. The zero-order valence-corrected chi connectivity index (χ0v) is 17.3. The fourth-order valence-corrected chi connectivity index (χ4v) is 3.47. The highest BCUT2D eigenvalue weighted by Crippen LogP contribution is 3.02. The molecule has 1 heterocycles. The Morgan fingerprint density at radius 3 is 2.36 bits per heavy atom. The van der Waals surface area contributed by atoms with Crippen LogP contribution in [0.2, 0.25) is 0 Å². The van der Waals surface area contributed by atoms with Crippen molar-refractivity contribution in [2.45, 2.75) is 24.1 Å². The van der Waals surface area contributed by atoms with E-state index in [1.807, 2.05) is 5.32 Å². The quantitative estimate of drug-likeness (QED) is 0.221. The molecule has 1 aromatic carbocycles. The van der Waals surface area contributed by atoms with Crippen LogP contribution in [0.5, 0.6) is 5.75 Å². The van der Waals surface area contributed by atoms with E-state index in [0.717, 1.165) is 6.92 Å². The third-order valence-electron chi connectivity index (χ3n) is 4.07. The number of benzene rings is 1. The number of carbonyl (C=O) groups is 1. The van der Waals surface area contributed by atoms with Gasteiger partial charge in [0.1, 0.15) is 17.3 Å². The van der Waals surface area contributed by atoms with Gasteiger partial charge in [0, 0.05) is 12.1 Å². The highest BCUT2D eigenvalue weighted by atomic mass is 32.5. The van der Waals surface area contributed by atoms with Gasteiger partial charge < -0.3 is 19.6 Å². The first kappa shape index (κ1) is 26.4. The minimum absolute atomic E-state index is 0.0211. The minimum atomic E-state index is -10.2. The summed E-state index contributed by atoms with van der Waals surface area (Å²) in [6.07, 6.45) is -7.63. The van der Waals surface area contributed by atoms with Crippen molar-refractivity contribution in [2.75, 3.05) is 26.4 Å². The second kappa shape index (κ2) is 8.19. The van der Waals surface area contributed by atoms with Crippen molar-refractivity contribution in [3.8, 4) is 5.75 Å². The Labute approximate surface area is 180 Å². The molecule has 0 aromatic heterocycles. The maximum atomic E-state index is 13.4. The van der Waals surface area contributed by atoms with E-state index >= 15 is 0 Å². The first-order valence-corrected chi connectivity index (χ1v) is 10.7. The number of carbonyl (C=O) groups excluding carboxylic acids is 1. The largest absolute Gasteiger partial charge is 0.475 e. The van der Waals surface area contributed by atoms with Gasteiger partial charge in [0.05, 0.1) is 18.8 Å². The van der Waals surface area contributed by atoms with Gasteiger partial charge in [-0.3, -0.25) is 4.79 Å². The number of amides is 1. The van der Waals surface area contributed by atoms with E-state index in [9.17, 15) is 47.5 Å².